The molecule has 1 amide bonds. The molecule has 0 aromatic rings. The number of carbonyl (C=O) groups excluding carboxylic acids is 1. The zero-order chi connectivity index (χ0) is 14.8. The Bertz CT molecular complexity index is 383. The first-order valence-electron chi connectivity index (χ1n) is 7.37. The predicted octanol–water partition coefficient (Wildman–Crippen LogP) is 1.53. The van der Waals surface area contributed by atoms with Gasteiger partial charge >= 0.3 is 5.97 Å². The van der Waals surface area contributed by atoms with Gasteiger partial charge < -0.3 is 15.3 Å². The van der Waals surface area contributed by atoms with Crippen molar-refractivity contribution < 1.29 is 14.7 Å². The molecule has 0 aromatic heterocycles. The Hall–Kier alpha value is -0.750. The number of hydrogen-bond donors (Lipinski definition) is 2. The number of hydrogen-bond acceptors (Lipinski definition) is 4. The van der Waals surface area contributed by atoms with Crippen molar-refractivity contribution in [3.8, 4) is 0 Å². The first-order valence-corrected chi connectivity index (χ1v) is 8.42. The first-order chi connectivity index (χ1) is 9.49. The van der Waals surface area contributed by atoms with E-state index >= 15 is 0 Å². The standard InChI is InChI=1S/C14H24N2O3S/c1-3-4-11-16(10(9-20-11)12(17)18)13(19)14(2)5-7-15-8-6-14/h10-11,15H,3-9H2,1-2H3,(H,17,18). The monoisotopic (exact) mass is 300 g/mol. The van der Waals surface area contributed by atoms with E-state index in [1.807, 2.05) is 6.92 Å². The molecule has 5 nitrogen and oxygen atoms in total. The molecule has 2 unspecified atom stereocenters. The minimum absolute atomic E-state index is 0.0281. The molecule has 114 valence electrons. The summed E-state index contributed by atoms with van der Waals surface area (Å²) in [5, 5.41) is 12.7. The Morgan fingerprint density at radius 1 is 1.40 bits per heavy atom. The van der Waals surface area contributed by atoms with Gasteiger partial charge in [-0.25, -0.2) is 4.79 Å². The zero-order valence-corrected chi connectivity index (χ0v) is 13.0. The molecule has 2 aliphatic heterocycles. The topological polar surface area (TPSA) is 69.6 Å². The Balaban J connectivity index is 2.19. The second-order valence-corrected chi connectivity index (χ2v) is 7.16. The second kappa shape index (κ2) is 6.35. The molecule has 0 aromatic carbocycles. The molecule has 0 radical (unpaired) electrons. The van der Waals surface area contributed by atoms with Crippen molar-refractivity contribution in [3.63, 3.8) is 0 Å². The van der Waals surface area contributed by atoms with Gasteiger partial charge in [0.25, 0.3) is 0 Å². The summed E-state index contributed by atoms with van der Waals surface area (Å²) in [5.41, 5.74) is -0.407. The van der Waals surface area contributed by atoms with Crippen molar-refractivity contribution >= 4 is 23.6 Å². The van der Waals surface area contributed by atoms with E-state index in [-0.39, 0.29) is 11.3 Å². The highest BCUT2D eigenvalue weighted by Crippen LogP contribution is 2.39. The van der Waals surface area contributed by atoms with Crippen LogP contribution in [0.1, 0.15) is 39.5 Å². The van der Waals surface area contributed by atoms with Gasteiger partial charge in [0.2, 0.25) is 5.91 Å². The normalized spacial score (nSPS) is 29.4. The maximum atomic E-state index is 12.9. The number of piperidine rings is 1. The summed E-state index contributed by atoms with van der Waals surface area (Å²) in [5.74, 6) is -0.322. The molecule has 0 saturated carbocycles. The smallest absolute Gasteiger partial charge is 0.327 e. The maximum absolute atomic E-state index is 12.9. The number of thioether (sulfide) groups is 1. The third-order valence-electron chi connectivity index (χ3n) is 4.37. The van der Waals surface area contributed by atoms with Gasteiger partial charge in [-0.3, -0.25) is 4.79 Å². The number of amides is 1. The minimum Gasteiger partial charge on any atom is -0.480 e. The van der Waals surface area contributed by atoms with E-state index in [2.05, 4.69) is 12.2 Å². The van der Waals surface area contributed by atoms with Crippen molar-refractivity contribution in [3.05, 3.63) is 0 Å². The van der Waals surface area contributed by atoms with Gasteiger partial charge in [0.15, 0.2) is 0 Å². The summed E-state index contributed by atoms with van der Waals surface area (Å²) in [7, 11) is 0. The SMILES string of the molecule is CCCC1SCC(C(=O)O)N1C(=O)C1(C)CCNCC1. The second-order valence-electron chi connectivity index (χ2n) is 5.95. The van der Waals surface area contributed by atoms with Gasteiger partial charge in [-0.2, -0.15) is 0 Å². The van der Waals surface area contributed by atoms with E-state index < -0.39 is 17.4 Å². The first kappa shape index (κ1) is 15.6. The van der Waals surface area contributed by atoms with Gasteiger partial charge in [0.1, 0.15) is 6.04 Å². The zero-order valence-electron chi connectivity index (χ0n) is 12.2. The number of nitrogens with one attached hydrogen (secondary N) is 1. The lowest BCUT2D eigenvalue weighted by Gasteiger charge is -2.39. The van der Waals surface area contributed by atoms with Crippen LogP contribution in [0, 0.1) is 5.41 Å². The molecule has 2 rings (SSSR count). The predicted molar refractivity (Wildman–Crippen MR) is 79.6 cm³/mol. The van der Waals surface area contributed by atoms with Crippen LogP contribution in [0.5, 0.6) is 0 Å². The largest absolute Gasteiger partial charge is 0.480 e. The van der Waals surface area contributed by atoms with Crippen LogP contribution < -0.4 is 5.32 Å². The molecule has 2 saturated heterocycles. The quantitative estimate of drug-likeness (QED) is 0.824. The van der Waals surface area contributed by atoms with Gasteiger partial charge in [-0.05, 0) is 32.4 Å². The number of carboxylic acid groups (broad SMARTS) is 1. The Kier molecular flexibility index (Phi) is 4.96. The van der Waals surface area contributed by atoms with E-state index in [0.717, 1.165) is 38.8 Å². The number of rotatable bonds is 4. The van der Waals surface area contributed by atoms with Crippen LogP contribution in [-0.4, -0.2) is 52.1 Å². The van der Waals surface area contributed by atoms with Crippen molar-refractivity contribution in [2.45, 2.75) is 50.9 Å². The Morgan fingerprint density at radius 3 is 2.60 bits per heavy atom. The molecule has 6 heteroatoms. The molecular weight excluding hydrogens is 276 g/mol. The third kappa shape index (κ3) is 2.96. The molecule has 20 heavy (non-hydrogen) atoms. The van der Waals surface area contributed by atoms with Crippen LogP contribution in [0.4, 0.5) is 0 Å². The summed E-state index contributed by atoms with van der Waals surface area (Å²) in [4.78, 5) is 26.0. The van der Waals surface area contributed by atoms with Crippen LogP contribution in [0.2, 0.25) is 0 Å². The summed E-state index contributed by atoms with van der Waals surface area (Å²) >= 11 is 1.61. The number of nitrogens with zero attached hydrogens (tertiary/aromatic N) is 1. The number of carbonyl (C=O) groups is 2. The highest BCUT2D eigenvalue weighted by molar-refractivity contribution is 8.00. The minimum atomic E-state index is -0.873. The van der Waals surface area contributed by atoms with Crippen molar-refractivity contribution in [1.82, 2.24) is 10.2 Å². The molecule has 2 aliphatic rings. The number of carboxylic acids is 1. The van der Waals surface area contributed by atoms with Crippen LogP contribution >= 0.6 is 11.8 Å². The third-order valence-corrected chi connectivity index (χ3v) is 5.73. The average molecular weight is 300 g/mol. The van der Waals surface area contributed by atoms with E-state index in [1.54, 1.807) is 16.7 Å². The fourth-order valence-electron chi connectivity index (χ4n) is 3.00. The van der Waals surface area contributed by atoms with Gasteiger partial charge in [0, 0.05) is 11.2 Å². The van der Waals surface area contributed by atoms with Crippen LogP contribution in [0.25, 0.3) is 0 Å². The van der Waals surface area contributed by atoms with Gasteiger partial charge in [-0.15, -0.1) is 11.8 Å². The van der Waals surface area contributed by atoms with Gasteiger partial charge in [0.05, 0.1) is 5.37 Å². The average Bonchev–Trinajstić information content (AvgIpc) is 2.83. The van der Waals surface area contributed by atoms with Crippen molar-refractivity contribution in [1.29, 1.82) is 0 Å². The summed E-state index contributed by atoms with van der Waals surface area (Å²) < 4.78 is 0. The maximum Gasteiger partial charge on any atom is 0.327 e. The van der Waals surface area contributed by atoms with Crippen LogP contribution in [0.3, 0.4) is 0 Å². The molecule has 2 heterocycles. The Morgan fingerprint density at radius 2 is 2.05 bits per heavy atom. The highest BCUT2D eigenvalue weighted by Gasteiger charge is 2.47. The van der Waals surface area contributed by atoms with Crippen molar-refractivity contribution in [2.75, 3.05) is 18.8 Å². The summed E-state index contributed by atoms with van der Waals surface area (Å²) in [6.07, 6.45) is 3.41. The molecular formula is C14H24N2O3S. The lowest BCUT2D eigenvalue weighted by Crippen LogP contribution is -2.53. The van der Waals surface area contributed by atoms with E-state index in [0.29, 0.717) is 5.75 Å². The highest BCUT2D eigenvalue weighted by atomic mass is 32.2. The van der Waals surface area contributed by atoms with E-state index in [9.17, 15) is 14.7 Å². The molecule has 2 N–H and O–H groups in total. The molecule has 2 fully saturated rings. The lowest BCUT2D eigenvalue weighted by atomic mass is 9.79. The van der Waals surface area contributed by atoms with E-state index in [4.69, 9.17) is 0 Å². The molecule has 0 spiro atoms. The van der Waals surface area contributed by atoms with E-state index in [1.165, 1.54) is 0 Å². The molecule has 0 bridgehead atoms. The Labute approximate surface area is 124 Å². The summed E-state index contributed by atoms with van der Waals surface area (Å²) in [6.45, 7) is 5.73. The fraction of sp³-hybridized carbons (Fsp3) is 0.857. The fourth-order valence-corrected chi connectivity index (χ4v) is 4.51. The number of aliphatic carboxylic acids is 1. The van der Waals surface area contributed by atoms with Crippen LogP contribution in [0.15, 0.2) is 0 Å². The van der Waals surface area contributed by atoms with Crippen molar-refractivity contribution in [2.24, 2.45) is 5.41 Å². The van der Waals surface area contributed by atoms with Crippen LogP contribution in [-0.2, 0) is 9.59 Å². The van der Waals surface area contributed by atoms with Gasteiger partial charge in [-0.1, -0.05) is 20.3 Å². The lowest BCUT2D eigenvalue weighted by molar-refractivity contribution is -0.154. The molecule has 2 atom stereocenters. The summed E-state index contributed by atoms with van der Waals surface area (Å²) in [6, 6.07) is -0.657. The molecule has 0 aliphatic carbocycles.